The van der Waals surface area contributed by atoms with Crippen molar-refractivity contribution in [1.29, 1.82) is 0 Å². The molecule has 2 rings (SSSR count). The third-order valence-electron chi connectivity index (χ3n) is 3.07. The minimum absolute atomic E-state index is 0.0693. The molecular formula is C12H17NO2S. The Kier molecular flexibility index (Phi) is 3.30. The molecule has 0 saturated carbocycles. The van der Waals surface area contributed by atoms with Gasteiger partial charge in [0.05, 0.1) is 5.75 Å². The zero-order valence-electron chi connectivity index (χ0n) is 9.44. The molecule has 1 N–H and O–H groups in total. The Balaban J connectivity index is 2.09. The summed E-state index contributed by atoms with van der Waals surface area (Å²) in [5.74, 6) is 0.158. The van der Waals surface area contributed by atoms with Gasteiger partial charge >= 0.3 is 0 Å². The Labute approximate surface area is 96.9 Å². The van der Waals surface area contributed by atoms with Crippen LogP contribution in [0.2, 0.25) is 0 Å². The maximum absolute atomic E-state index is 11.5. The first-order chi connectivity index (χ1) is 7.61. The molecule has 4 heteroatoms. The van der Waals surface area contributed by atoms with E-state index in [0.717, 1.165) is 19.3 Å². The van der Waals surface area contributed by atoms with Crippen LogP contribution in [0.5, 0.6) is 0 Å². The molecule has 1 aliphatic carbocycles. The van der Waals surface area contributed by atoms with E-state index in [1.807, 2.05) is 12.1 Å². The Bertz CT molecular complexity index is 468. The number of fused-ring (bicyclic) bond motifs is 1. The lowest BCUT2D eigenvalue weighted by Crippen LogP contribution is -2.39. The van der Waals surface area contributed by atoms with E-state index in [1.165, 1.54) is 11.1 Å². The second-order valence-electron chi connectivity index (χ2n) is 4.23. The van der Waals surface area contributed by atoms with Crippen molar-refractivity contribution < 1.29 is 8.42 Å². The predicted octanol–water partition coefficient (Wildman–Crippen LogP) is 1.48. The number of sulfonamides is 1. The average Bonchev–Trinajstić information content (AvgIpc) is 2.28. The summed E-state index contributed by atoms with van der Waals surface area (Å²) in [6.45, 7) is 1.67. The SMILES string of the molecule is CCS(=O)(=O)NC1CCc2ccccc2C1. The second kappa shape index (κ2) is 4.55. The van der Waals surface area contributed by atoms with Gasteiger partial charge in [-0.25, -0.2) is 13.1 Å². The maximum atomic E-state index is 11.5. The fourth-order valence-electron chi connectivity index (χ4n) is 2.14. The minimum atomic E-state index is -3.07. The highest BCUT2D eigenvalue weighted by Gasteiger charge is 2.21. The monoisotopic (exact) mass is 239 g/mol. The van der Waals surface area contributed by atoms with Crippen LogP contribution < -0.4 is 4.72 Å². The first-order valence-corrected chi connectivity index (χ1v) is 7.33. The van der Waals surface area contributed by atoms with Crippen molar-refractivity contribution in [2.45, 2.75) is 32.2 Å². The Morgan fingerprint density at radius 1 is 1.31 bits per heavy atom. The molecule has 1 aliphatic rings. The third-order valence-corrected chi connectivity index (χ3v) is 4.53. The first kappa shape index (κ1) is 11.6. The van der Waals surface area contributed by atoms with Crippen LogP contribution in [0, 0.1) is 0 Å². The van der Waals surface area contributed by atoms with E-state index in [4.69, 9.17) is 0 Å². The minimum Gasteiger partial charge on any atom is -0.212 e. The van der Waals surface area contributed by atoms with Gasteiger partial charge in [0.25, 0.3) is 0 Å². The van der Waals surface area contributed by atoms with Crippen molar-refractivity contribution in [1.82, 2.24) is 4.72 Å². The van der Waals surface area contributed by atoms with Crippen LogP contribution in [0.4, 0.5) is 0 Å². The lowest BCUT2D eigenvalue weighted by molar-refractivity contribution is 0.508. The third kappa shape index (κ3) is 2.62. The Morgan fingerprint density at radius 3 is 2.69 bits per heavy atom. The van der Waals surface area contributed by atoms with Crippen LogP contribution in [0.25, 0.3) is 0 Å². The highest BCUT2D eigenvalue weighted by Crippen LogP contribution is 2.21. The van der Waals surface area contributed by atoms with Crippen LogP contribution in [0.1, 0.15) is 24.5 Å². The second-order valence-corrected chi connectivity index (χ2v) is 6.27. The lowest BCUT2D eigenvalue weighted by atomic mass is 9.89. The summed E-state index contributed by atoms with van der Waals surface area (Å²) in [7, 11) is -3.07. The molecule has 0 bridgehead atoms. The smallest absolute Gasteiger partial charge is 0.211 e. The van der Waals surface area contributed by atoms with Crippen molar-refractivity contribution in [2.24, 2.45) is 0 Å². The summed E-state index contributed by atoms with van der Waals surface area (Å²) in [5, 5.41) is 0. The van der Waals surface area contributed by atoms with Crippen molar-refractivity contribution >= 4 is 10.0 Å². The summed E-state index contributed by atoms with van der Waals surface area (Å²) >= 11 is 0. The van der Waals surface area contributed by atoms with Crippen molar-refractivity contribution in [3.05, 3.63) is 35.4 Å². The molecule has 88 valence electrons. The largest absolute Gasteiger partial charge is 0.212 e. The van der Waals surface area contributed by atoms with E-state index in [0.29, 0.717) is 0 Å². The highest BCUT2D eigenvalue weighted by molar-refractivity contribution is 7.89. The summed E-state index contributed by atoms with van der Waals surface area (Å²) in [5.41, 5.74) is 2.63. The van der Waals surface area contributed by atoms with Gasteiger partial charge in [-0.3, -0.25) is 0 Å². The van der Waals surface area contributed by atoms with E-state index >= 15 is 0 Å². The van der Waals surface area contributed by atoms with Crippen molar-refractivity contribution in [2.75, 3.05) is 5.75 Å². The van der Waals surface area contributed by atoms with Gasteiger partial charge in [0.1, 0.15) is 0 Å². The number of nitrogens with one attached hydrogen (secondary N) is 1. The van der Waals surface area contributed by atoms with E-state index in [2.05, 4.69) is 16.9 Å². The zero-order chi connectivity index (χ0) is 11.6. The van der Waals surface area contributed by atoms with Gasteiger partial charge in [0.15, 0.2) is 0 Å². The molecule has 0 spiro atoms. The summed E-state index contributed by atoms with van der Waals surface area (Å²) in [4.78, 5) is 0. The van der Waals surface area contributed by atoms with Gasteiger partial charge in [-0.15, -0.1) is 0 Å². The zero-order valence-corrected chi connectivity index (χ0v) is 10.3. The fraction of sp³-hybridized carbons (Fsp3) is 0.500. The summed E-state index contributed by atoms with van der Waals surface area (Å²) in [6.07, 6.45) is 2.68. The molecule has 0 saturated heterocycles. The molecule has 0 heterocycles. The van der Waals surface area contributed by atoms with Crippen molar-refractivity contribution in [3.8, 4) is 0 Å². The van der Waals surface area contributed by atoms with Gasteiger partial charge in [0.2, 0.25) is 10.0 Å². The molecule has 16 heavy (non-hydrogen) atoms. The van der Waals surface area contributed by atoms with Crippen LogP contribution in [0.15, 0.2) is 24.3 Å². The number of aryl methyl sites for hydroxylation is 1. The normalized spacial score (nSPS) is 20.4. The standard InChI is InChI=1S/C12H17NO2S/c1-2-16(14,15)13-12-8-7-10-5-3-4-6-11(10)9-12/h3-6,12-13H,2,7-9H2,1H3. The summed E-state index contributed by atoms with van der Waals surface area (Å²) in [6, 6.07) is 8.33. The summed E-state index contributed by atoms with van der Waals surface area (Å²) < 4.78 is 25.7. The van der Waals surface area contributed by atoms with E-state index in [9.17, 15) is 8.42 Å². The van der Waals surface area contributed by atoms with Crippen molar-refractivity contribution in [3.63, 3.8) is 0 Å². The number of hydrogen-bond acceptors (Lipinski definition) is 2. The van der Waals surface area contributed by atoms with Gasteiger partial charge in [-0.1, -0.05) is 24.3 Å². The molecule has 0 fully saturated rings. The predicted molar refractivity (Wildman–Crippen MR) is 64.9 cm³/mol. The molecule has 1 aromatic carbocycles. The molecule has 0 aromatic heterocycles. The average molecular weight is 239 g/mol. The Hall–Kier alpha value is -0.870. The number of benzene rings is 1. The molecule has 0 amide bonds. The van der Waals surface area contributed by atoms with Crippen LogP contribution in [0.3, 0.4) is 0 Å². The van der Waals surface area contributed by atoms with Gasteiger partial charge in [0, 0.05) is 6.04 Å². The molecule has 1 atom stereocenters. The van der Waals surface area contributed by atoms with E-state index in [-0.39, 0.29) is 11.8 Å². The molecular weight excluding hydrogens is 222 g/mol. The number of hydrogen-bond donors (Lipinski definition) is 1. The van der Waals surface area contributed by atoms with Crippen LogP contribution in [-0.4, -0.2) is 20.2 Å². The fourth-order valence-corrected chi connectivity index (χ4v) is 3.01. The highest BCUT2D eigenvalue weighted by atomic mass is 32.2. The molecule has 1 unspecified atom stereocenters. The quantitative estimate of drug-likeness (QED) is 0.868. The lowest BCUT2D eigenvalue weighted by Gasteiger charge is -2.25. The molecule has 3 nitrogen and oxygen atoms in total. The van der Waals surface area contributed by atoms with E-state index < -0.39 is 10.0 Å². The molecule has 1 aromatic rings. The number of rotatable bonds is 3. The maximum Gasteiger partial charge on any atom is 0.211 e. The topological polar surface area (TPSA) is 46.2 Å². The van der Waals surface area contributed by atoms with Gasteiger partial charge < -0.3 is 0 Å². The first-order valence-electron chi connectivity index (χ1n) is 5.67. The van der Waals surface area contributed by atoms with E-state index in [1.54, 1.807) is 6.92 Å². The van der Waals surface area contributed by atoms with Gasteiger partial charge in [-0.2, -0.15) is 0 Å². The van der Waals surface area contributed by atoms with Crippen LogP contribution in [-0.2, 0) is 22.9 Å². The van der Waals surface area contributed by atoms with Gasteiger partial charge in [-0.05, 0) is 37.3 Å². The molecule has 0 radical (unpaired) electrons. The Morgan fingerprint density at radius 2 is 2.00 bits per heavy atom. The van der Waals surface area contributed by atoms with Crippen LogP contribution >= 0.6 is 0 Å². The molecule has 0 aliphatic heterocycles.